The molecule has 1 aliphatic heterocycles. The number of benzene rings is 3. The van der Waals surface area contributed by atoms with Crippen molar-refractivity contribution in [3.8, 4) is 0 Å². The van der Waals surface area contributed by atoms with Gasteiger partial charge in [0.2, 0.25) is 5.91 Å². The molecule has 1 amide bonds. The first-order chi connectivity index (χ1) is 17.0. The smallest absolute Gasteiger partial charge is 0.220 e. The van der Waals surface area contributed by atoms with Crippen LogP contribution in [-0.4, -0.2) is 55.4 Å². The maximum Gasteiger partial charge on any atom is 0.220 e. The lowest BCUT2D eigenvalue weighted by Gasteiger charge is -2.42. The number of hydrogen-bond acceptors (Lipinski definition) is 5. The molecule has 0 radical (unpaired) electrons. The van der Waals surface area contributed by atoms with E-state index in [0.717, 1.165) is 49.0 Å². The van der Waals surface area contributed by atoms with E-state index in [1.54, 1.807) is 7.05 Å². The zero-order valence-corrected chi connectivity index (χ0v) is 20.4. The Morgan fingerprint density at radius 2 is 1.77 bits per heavy atom. The lowest BCUT2D eigenvalue weighted by Crippen LogP contribution is -2.45. The third-order valence-electron chi connectivity index (χ3n) is 7.91. The van der Waals surface area contributed by atoms with Crippen LogP contribution in [0.2, 0.25) is 0 Å². The Hall–Kier alpha value is -3.22. The van der Waals surface area contributed by atoms with Crippen molar-refractivity contribution in [1.29, 1.82) is 0 Å². The molecular weight excluding hydrogens is 438 g/mol. The van der Waals surface area contributed by atoms with Crippen LogP contribution in [0.3, 0.4) is 0 Å². The fourth-order valence-electron chi connectivity index (χ4n) is 6.03. The summed E-state index contributed by atoms with van der Waals surface area (Å²) < 4.78 is 0. The van der Waals surface area contributed by atoms with E-state index in [1.807, 2.05) is 30.3 Å². The maximum atomic E-state index is 12.0. The molecule has 1 fully saturated rings. The summed E-state index contributed by atoms with van der Waals surface area (Å²) in [6.45, 7) is 1.78. The van der Waals surface area contributed by atoms with Gasteiger partial charge in [-0.15, -0.1) is 0 Å². The molecule has 2 N–H and O–H groups in total. The Labute approximate surface area is 206 Å². The monoisotopic (exact) mass is 471 g/mol. The summed E-state index contributed by atoms with van der Waals surface area (Å²) in [5.74, 6) is -0.611. The van der Waals surface area contributed by atoms with Crippen LogP contribution >= 0.6 is 0 Å². The molecule has 5 rings (SSSR count). The third kappa shape index (κ3) is 4.21. The number of para-hydroxylation sites is 1. The molecule has 6 nitrogen and oxygen atoms in total. The fourth-order valence-corrected chi connectivity index (χ4v) is 6.03. The SMILES string of the molecule is CNC(=O)CC(C=O)c1ccccc1N(C)C1CCN(C2c3cccc4cccc(c34)C2O)CC1. The summed E-state index contributed by atoms with van der Waals surface area (Å²) in [6, 6.07) is 20.8. The van der Waals surface area contributed by atoms with Crippen molar-refractivity contribution in [1.82, 2.24) is 10.2 Å². The largest absolute Gasteiger partial charge is 0.386 e. The summed E-state index contributed by atoms with van der Waals surface area (Å²) in [5, 5.41) is 16.2. The van der Waals surface area contributed by atoms with E-state index in [4.69, 9.17) is 0 Å². The van der Waals surface area contributed by atoms with E-state index in [0.29, 0.717) is 6.04 Å². The van der Waals surface area contributed by atoms with Gasteiger partial charge < -0.3 is 20.1 Å². The number of aliphatic hydroxyl groups excluding tert-OH is 1. The van der Waals surface area contributed by atoms with E-state index < -0.39 is 12.0 Å². The van der Waals surface area contributed by atoms with Gasteiger partial charge in [0, 0.05) is 45.3 Å². The molecule has 0 aromatic heterocycles. The van der Waals surface area contributed by atoms with E-state index in [2.05, 4.69) is 52.5 Å². The molecule has 1 saturated heterocycles. The number of amides is 1. The molecule has 0 saturated carbocycles. The highest BCUT2D eigenvalue weighted by Gasteiger charge is 2.39. The second-order valence-corrected chi connectivity index (χ2v) is 9.74. The Morgan fingerprint density at radius 3 is 2.46 bits per heavy atom. The van der Waals surface area contributed by atoms with E-state index in [-0.39, 0.29) is 18.4 Å². The van der Waals surface area contributed by atoms with Gasteiger partial charge in [-0.25, -0.2) is 0 Å². The maximum absolute atomic E-state index is 12.0. The number of aliphatic hydroxyl groups is 1. The van der Waals surface area contributed by atoms with Crippen molar-refractivity contribution in [3.05, 3.63) is 77.4 Å². The van der Waals surface area contributed by atoms with Crippen LogP contribution in [0.4, 0.5) is 5.69 Å². The van der Waals surface area contributed by atoms with Gasteiger partial charge in [-0.1, -0.05) is 54.6 Å². The molecule has 6 heteroatoms. The first kappa shape index (κ1) is 23.5. The second kappa shape index (κ2) is 9.80. The second-order valence-electron chi connectivity index (χ2n) is 9.74. The summed E-state index contributed by atoms with van der Waals surface area (Å²) >= 11 is 0. The molecule has 3 atom stereocenters. The van der Waals surface area contributed by atoms with Crippen LogP contribution < -0.4 is 10.2 Å². The van der Waals surface area contributed by atoms with Crippen molar-refractivity contribution >= 4 is 28.7 Å². The summed E-state index contributed by atoms with van der Waals surface area (Å²) in [5.41, 5.74) is 4.16. The predicted octanol–water partition coefficient (Wildman–Crippen LogP) is 3.95. The number of rotatable bonds is 7. The van der Waals surface area contributed by atoms with Gasteiger partial charge in [0.05, 0.1) is 18.1 Å². The topological polar surface area (TPSA) is 72.9 Å². The minimum atomic E-state index is -0.510. The van der Waals surface area contributed by atoms with Gasteiger partial charge in [-0.3, -0.25) is 9.69 Å². The van der Waals surface area contributed by atoms with Crippen LogP contribution in [-0.2, 0) is 9.59 Å². The molecule has 3 aromatic rings. The molecule has 35 heavy (non-hydrogen) atoms. The Bertz CT molecular complexity index is 1230. The average molecular weight is 472 g/mol. The molecule has 0 bridgehead atoms. The van der Waals surface area contributed by atoms with Crippen molar-refractivity contribution < 1.29 is 14.7 Å². The number of hydrogen-bond donors (Lipinski definition) is 2. The highest BCUT2D eigenvalue weighted by atomic mass is 16.3. The lowest BCUT2D eigenvalue weighted by atomic mass is 9.92. The van der Waals surface area contributed by atoms with Crippen molar-refractivity contribution in [2.75, 3.05) is 32.1 Å². The van der Waals surface area contributed by atoms with Gasteiger partial charge in [-0.05, 0) is 46.4 Å². The Morgan fingerprint density at radius 1 is 1.09 bits per heavy atom. The van der Waals surface area contributed by atoms with Crippen LogP contribution in [0.15, 0.2) is 60.7 Å². The quantitative estimate of drug-likeness (QED) is 0.511. The molecule has 1 heterocycles. The van der Waals surface area contributed by atoms with Crippen LogP contribution in [0.5, 0.6) is 0 Å². The normalized spacial score (nSPS) is 21.1. The Balaban J connectivity index is 1.32. The molecule has 1 aliphatic carbocycles. The number of carbonyl (C=O) groups is 2. The minimum absolute atomic E-state index is 0.0124. The summed E-state index contributed by atoms with van der Waals surface area (Å²) in [7, 11) is 3.68. The van der Waals surface area contributed by atoms with Crippen molar-refractivity contribution in [2.45, 2.75) is 43.4 Å². The van der Waals surface area contributed by atoms with E-state index in [9.17, 15) is 14.7 Å². The average Bonchev–Trinajstić information content (AvgIpc) is 3.20. The van der Waals surface area contributed by atoms with Crippen molar-refractivity contribution in [2.24, 2.45) is 0 Å². The number of nitrogens with zero attached hydrogens (tertiary/aromatic N) is 2. The molecule has 182 valence electrons. The lowest BCUT2D eigenvalue weighted by molar-refractivity contribution is -0.122. The first-order valence-electron chi connectivity index (χ1n) is 12.4. The predicted molar refractivity (Wildman–Crippen MR) is 139 cm³/mol. The summed E-state index contributed by atoms with van der Waals surface area (Å²) in [4.78, 5) is 28.5. The number of piperidine rings is 1. The molecular formula is C29H33N3O3. The zero-order valence-electron chi connectivity index (χ0n) is 20.4. The number of nitrogens with one attached hydrogen (secondary N) is 1. The van der Waals surface area contributed by atoms with Gasteiger partial charge in [-0.2, -0.15) is 0 Å². The molecule has 3 unspecified atom stereocenters. The van der Waals surface area contributed by atoms with Gasteiger partial charge in [0.15, 0.2) is 0 Å². The first-order valence-corrected chi connectivity index (χ1v) is 12.4. The van der Waals surface area contributed by atoms with Gasteiger partial charge in [0.25, 0.3) is 0 Å². The highest BCUT2D eigenvalue weighted by molar-refractivity contribution is 5.92. The van der Waals surface area contributed by atoms with Crippen LogP contribution in [0.1, 0.15) is 54.0 Å². The Kier molecular flexibility index (Phi) is 6.58. The molecule has 3 aromatic carbocycles. The number of anilines is 1. The highest BCUT2D eigenvalue weighted by Crippen LogP contribution is 2.47. The van der Waals surface area contributed by atoms with E-state index >= 15 is 0 Å². The minimum Gasteiger partial charge on any atom is -0.386 e. The van der Waals surface area contributed by atoms with Crippen LogP contribution in [0, 0.1) is 0 Å². The van der Waals surface area contributed by atoms with Gasteiger partial charge in [0.1, 0.15) is 6.29 Å². The number of carbonyl (C=O) groups excluding carboxylic acids is 2. The third-order valence-corrected chi connectivity index (χ3v) is 7.91. The van der Waals surface area contributed by atoms with E-state index in [1.165, 1.54) is 16.3 Å². The summed E-state index contributed by atoms with van der Waals surface area (Å²) in [6.07, 6.45) is 2.44. The molecule has 2 aliphatic rings. The molecule has 0 spiro atoms. The van der Waals surface area contributed by atoms with Crippen molar-refractivity contribution in [3.63, 3.8) is 0 Å². The number of aldehydes is 1. The standard InChI is InChI=1S/C29H33N3O3/c1-30-26(34)17-20(18-33)22-9-3-4-12-25(22)31(2)21-13-15-32(16-14-21)28-23-10-5-7-19-8-6-11-24(27(19)23)29(28)35/h3-12,18,20-21,28-29,35H,13-17H2,1-2H3,(H,30,34). The number of likely N-dealkylation sites (tertiary alicyclic amines) is 1. The fraction of sp³-hybridized carbons (Fsp3) is 0.379. The zero-order chi connectivity index (χ0) is 24.5. The van der Waals surface area contributed by atoms with Crippen LogP contribution in [0.25, 0.3) is 10.8 Å². The van der Waals surface area contributed by atoms with Gasteiger partial charge >= 0.3 is 0 Å².